The van der Waals surface area contributed by atoms with Gasteiger partial charge < -0.3 is 106 Å². The largest absolute Gasteiger partial charge is 0.504 e. The third-order valence-corrected chi connectivity index (χ3v) is 40.6. The summed E-state index contributed by atoms with van der Waals surface area (Å²) < 4.78 is 96.6. The van der Waals surface area contributed by atoms with Crippen molar-refractivity contribution in [2.24, 2.45) is 16.6 Å². The summed E-state index contributed by atoms with van der Waals surface area (Å²) in [6, 6.07) is 13.8. The maximum Gasteiger partial charge on any atom is 0.493 e. The average molecular weight is 1900 g/mol. The van der Waals surface area contributed by atoms with Gasteiger partial charge in [-0.1, -0.05) is 132 Å². The number of phenols is 4. The number of rotatable bonds is 32. The number of phenolic OH excluding ortho intramolecular Hbond substituents is 4. The summed E-state index contributed by atoms with van der Waals surface area (Å²) in [5.41, 5.74) is 20.4. The molecule has 7 aliphatic rings. The van der Waals surface area contributed by atoms with Crippen LogP contribution >= 0.6 is 0 Å². The number of likely N-dealkylation sites (N-methyl/N-ethyl adjacent to an activating group) is 2. The second kappa shape index (κ2) is 45.7. The molecule has 0 bridgehead atoms. The van der Waals surface area contributed by atoms with Crippen LogP contribution < -0.4 is 59.9 Å². The number of morpholine rings is 2. The number of carbonyl (C=O) groups is 1. The van der Waals surface area contributed by atoms with Crippen molar-refractivity contribution in [1.82, 2.24) is 24.9 Å². The quantitative estimate of drug-likeness (QED) is 0.0130. The Balaban J connectivity index is 0.000000227. The van der Waals surface area contributed by atoms with Crippen LogP contribution in [0.5, 0.6) is 69.0 Å². The van der Waals surface area contributed by atoms with Crippen molar-refractivity contribution in [3.8, 4) is 69.0 Å². The van der Waals surface area contributed by atoms with E-state index in [1.54, 1.807) is 60.9 Å². The fourth-order valence-corrected chi connectivity index (χ4v) is 26.3. The van der Waals surface area contributed by atoms with Crippen LogP contribution in [-0.4, -0.2) is 276 Å². The summed E-state index contributed by atoms with van der Waals surface area (Å²) in [5.74, 6) is 3.85. The van der Waals surface area contributed by atoms with Gasteiger partial charge in [0.2, 0.25) is 0 Å². The van der Waals surface area contributed by atoms with E-state index >= 15 is 0 Å². The fourth-order valence-electron chi connectivity index (χ4n) is 21.2. The van der Waals surface area contributed by atoms with Gasteiger partial charge in [-0.05, 0) is 131 Å². The van der Waals surface area contributed by atoms with Crippen molar-refractivity contribution in [3.63, 3.8) is 0 Å². The molecule has 0 saturated carbocycles. The van der Waals surface area contributed by atoms with E-state index < -0.39 is 66.3 Å². The summed E-state index contributed by atoms with van der Waals surface area (Å²) in [5, 5.41) is 51.2. The molecule has 6 aromatic rings. The lowest BCUT2D eigenvalue weighted by Crippen LogP contribution is -2.60. The molecule has 0 radical (unpaired) electrons. The highest BCUT2D eigenvalue weighted by atomic mass is 28.4. The van der Waals surface area contributed by atoms with E-state index in [2.05, 4.69) is 138 Å². The molecule has 29 nitrogen and oxygen atoms in total. The monoisotopic (exact) mass is 1900 g/mol. The zero-order chi connectivity index (χ0) is 98.9. The lowest BCUT2D eigenvalue weighted by molar-refractivity contribution is -0.0599. The number of nitrogens with zero attached hydrogens (tertiary/aromatic N) is 6. The molecule has 7 N–H and O–H groups in total. The van der Waals surface area contributed by atoms with Crippen LogP contribution in [0.2, 0.25) is 35.3 Å². The van der Waals surface area contributed by atoms with Gasteiger partial charge in [0.1, 0.15) is 41.4 Å². The smallest absolute Gasteiger partial charge is 0.493 e. The highest BCUT2D eigenvalue weighted by Gasteiger charge is 2.54. The van der Waals surface area contributed by atoms with Gasteiger partial charge in [0.15, 0.2) is 62.6 Å². The number of carbonyl (C=O) groups excluding carboxylic acids is 1. The number of nitrogens with one attached hydrogen (secondary N) is 1. The molecule has 740 valence electrons. The minimum Gasteiger partial charge on any atom is -0.504 e. The summed E-state index contributed by atoms with van der Waals surface area (Å²) in [6.07, 6.45) is 2.73. The molecule has 7 aliphatic heterocycles. The summed E-state index contributed by atoms with van der Waals surface area (Å²) in [4.78, 5) is 28.1. The van der Waals surface area contributed by atoms with E-state index in [1.807, 2.05) is 71.1 Å². The first-order chi connectivity index (χ1) is 64.1. The number of aldehydes is 1. The SMILES string of the molecule is CC1(C)COB(c2ccc(C=O)cc2)OC1.[C-]#[N+][C@H](C1Cc2c(OC)c(C)c(OC)c(O)c2C(C(N)Cc2cc(O)c(OC)c(C)c2OC)N1C)N1CCO[C@@H](CCO[Si](C)(C(C)C)C(C)C)C1.[C-]#[N+][C@H](C1Cc2c(OC)c(C)c(OC)c(O)c2C(C2Cc3c(OC)c(C)c(OC)c(O)c3[C@H](c3ccc(B4OCC(C)(C)CO4)cc3)N2)N1C)N1CCO[C@@H](CCO[Si](C)(C(C)C)C(C)C)C1. The van der Waals surface area contributed by atoms with E-state index in [9.17, 15) is 25.2 Å². The molecular formula is C102H152B2N8O21Si2. The van der Waals surface area contributed by atoms with Crippen LogP contribution in [0.1, 0.15) is 191 Å². The van der Waals surface area contributed by atoms with Crippen molar-refractivity contribution in [2.45, 2.75) is 251 Å². The fraction of sp³-hybridized carbons (Fsp3) is 0.618. The van der Waals surface area contributed by atoms with Gasteiger partial charge in [-0.25, -0.2) is 22.9 Å². The molecule has 4 fully saturated rings. The molecule has 0 aromatic heterocycles. The Morgan fingerprint density at radius 2 is 0.896 bits per heavy atom. The lowest BCUT2D eigenvalue weighted by Gasteiger charge is -2.49. The molecule has 11 atom stereocenters. The zero-order valence-electron chi connectivity index (χ0n) is 85.3. The molecule has 6 unspecified atom stereocenters. The Hall–Kier alpha value is -8.43. The Labute approximate surface area is 805 Å². The number of hydrogen-bond donors (Lipinski definition) is 6. The molecule has 7 heterocycles. The number of nitrogens with two attached hydrogens (primary N) is 1. The number of hydrogen-bond acceptors (Lipinski definition) is 27. The Bertz CT molecular complexity index is 5100. The van der Waals surface area contributed by atoms with Gasteiger partial charge in [-0.15, -0.1) is 0 Å². The predicted molar refractivity (Wildman–Crippen MR) is 533 cm³/mol. The van der Waals surface area contributed by atoms with Gasteiger partial charge in [0.05, 0.1) is 100 Å². The minimum atomic E-state index is -1.94. The molecule has 0 aliphatic carbocycles. The van der Waals surface area contributed by atoms with E-state index in [4.69, 9.17) is 93.7 Å². The first kappa shape index (κ1) is 107. The number of methoxy groups -OCH3 is 8. The van der Waals surface area contributed by atoms with E-state index in [-0.39, 0.29) is 71.7 Å². The Kier molecular flexibility index (Phi) is 36.2. The highest BCUT2D eigenvalue weighted by molar-refractivity contribution is 6.75. The molecule has 13 rings (SSSR count). The maximum absolute atomic E-state index is 12.4. The van der Waals surface area contributed by atoms with Crippen molar-refractivity contribution >= 4 is 48.1 Å². The molecule has 4 saturated heterocycles. The standard InChI is InChI=1S/C51H75BN4O10Si.C39H62N4O8Si.C12H15BO3/c1-29(2)67(15,30(3)4)66-22-20-35-26-56(21-23-63-35)50(53-9)39-25-37-41(45(58)49(62-14)32(6)47(37)60-12)43(55(39)10)38-24-36-40(44(57)48(61-13)31(5)46(36)59-11)42(54-38)33-16-18-34(19-17-33)52-64-27-51(7,8)28-65-52;1-22(2)52(13,23(3)4)51-16-14-27-21-43(15-17-50-27)39(41-7)30-20-28-32(34(45)38(49-12)25(6)36(28)47-10)33(42(30)8)29(40)18-26-19-31(44)37(48-11)24(5)35(26)46-9;1-12(2)8-15-13(16-9-12)11-5-3-10(7-14)4-6-11/h16-19,29-30,35,38-39,42-43,50,54,57-58H,20-28H2,1-8,10-15H3;19,22-23,27,29-30,33,39,44-45H,14-18,20-21,40H2,1-6,8-13H3;3-7H,8-9H2,1-2H3/t35-,38?,39?,42-,43?,50-;27-,29?,30?,33?,39-;/m00./s1. The topological polar surface area (TPSA) is 305 Å². The van der Waals surface area contributed by atoms with E-state index in [1.165, 1.54) is 14.2 Å². The number of aromatic hydroxyl groups is 4. The minimum absolute atomic E-state index is 0.00594. The van der Waals surface area contributed by atoms with Gasteiger partial charge in [-0.2, -0.15) is 0 Å². The Morgan fingerprint density at radius 3 is 1.29 bits per heavy atom. The summed E-state index contributed by atoms with van der Waals surface area (Å²) in [6.45, 7) is 63.4. The van der Waals surface area contributed by atoms with Gasteiger partial charge >= 0.3 is 14.2 Å². The van der Waals surface area contributed by atoms with Gasteiger partial charge in [-0.3, -0.25) is 24.3 Å². The van der Waals surface area contributed by atoms with E-state index in [0.29, 0.717) is 217 Å². The molecule has 33 heteroatoms. The molecule has 135 heavy (non-hydrogen) atoms. The van der Waals surface area contributed by atoms with E-state index in [0.717, 1.165) is 52.3 Å². The lowest BCUT2D eigenvalue weighted by atomic mass is 9.74. The zero-order valence-corrected chi connectivity index (χ0v) is 87.3. The molecule has 6 aromatic carbocycles. The van der Waals surface area contributed by atoms with Crippen LogP contribution in [0.3, 0.4) is 0 Å². The van der Waals surface area contributed by atoms with Crippen LogP contribution in [-0.2, 0) is 62.6 Å². The third-order valence-electron chi connectivity index (χ3n) is 29.8. The first-order valence-electron chi connectivity index (χ1n) is 47.7. The van der Waals surface area contributed by atoms with Crippen molar-refractivity contribution in [2.75, 3.05) is 150 Å². The second-order valence-corrected chi connectivity index (χ2v) is 50.5. The average Bonchev–Trinajstić information content (AvgIpc) is 0.718. The van der Waals surface area contributed by atoms with Crippen LogP contribution in [0.25, 0.3) is 9.69 Å². The third kappa shape index (κ3) is 22.6. The molecule has 0 spiro atoms. The van der Waals surface area contributed by atoms with Gasteiger partial charge in [0.25, 0.3) is 12.3 Å². The van der Waals surface area contributed by atoms with Crippen molar-refractivity contribution < 1.29 is 100 Å². The predicted octanol–water partition coefficient (Wildman–Crippen LogP) is 14.7. The maximum atomic E-state index is 12.4. The van der Waals surface area contributed by atoms with Crippen LogP contribution in [0, 0.1) is 51.7 Å². The number of fused-ring (bicyclic) bond motifs is 3. The molecular weight excluding hydrogens is 1750 g/mol. The van der Waals surface area contributed by atoms with Gasteiger partial charge in [0, 0.05) is 163 Å². The number of benzene rings is 6. The highest BCUT2D eigenvalue weighted by Crippen LogP contribution is 2.57. The van der Waals surface area contributed by atoms with Crippen molar-refractivity contribution in [3.05, 3.63) is 150 Å². The second-order valence-electron chi connectivity index (χ2n) is 40.6. The Morgan fingerprint density at radius 1 is 0.526 bits per heavy atom. The number of ether oxygens (including phenoxy) is 10. The normalized spacial score (nSPS) is 22.3. The summed E-state index contributed by atoms with van der Waals surface area (Å²) >= 11 is 0. The van der Waals surface area contributed by atoms with Crippen LogP contribution in [0.15, 0.2) is 54.6 Å². The summed E-state index contributed by atoms with van der Waals surface area (Å²) in [7, 11) is 12.0. The first-order valence-corrected chi connectivity index (χ1v) is 52.8. The van der Waals surface area contributed by atoms with Crippen molar-refractivity contribution in [1.29, 1.82) is 0 Å². The van der Waals surface area contributed by atoms with Crippen LogP contribution in [0.4, 0.5) is 0 Å². The molecule has 0 amide bonds.